The summed E-state index contributed by atoms with van der Waals surface area (Å²) in [6.07, 6.45) is -1.07. The minimum Gasteiger partial charge on any atom is -0.481 e. The largest absolute Gasteiger partial charge is 0.481 e. The van der Waals surface area contributed by atoms with E-state index in [1.165, 1.54) is 0 Å². The van der Waals surface area contributed by atoms with Gasteiger partial charge in [0, 0.05) is 5.75 Å². The number of carboxylic acids is 2. The van der Waals surface area contributed by atoms with E-state index < -0.39 is 78.5 Å². The molecule has 5 unspecified atom stereocenters. The lowest BCUT2D eigenvalue weighted by molar-refractivity contribution is -0.144. The topological polar surface area (TPSA) is 231 Å². The standard InChI is InChI=1S/C17H29N5O8S/c1-3-7(2)13(16(28)21-10(17(29)30)4-11(19)23)22-15(27)9(5-12(24)25)20-14(26)8(18)6-31/h7-10,13,31H,3-6,18H2,1-2H3,(H2,19,23)(H,20,26)(H,21,28)(H,22,27)(H,24,25)(H,29,30). The molecule has 0 aromatic heterocycles. The van der Waals surface area contributed by atoms with Crippen molar-refractivity contribution < 1.29 is 39.0 Å². The third-order valence-electron chi connectivity index (χ3n) is 4.36. The summed E-state index contributed by atoms with van der Waals surface area (Å²) in [6.45, 7) is 3.30. The van der Waals surface area contributed by atoms with Gasteiger partial charge < -0.3 is 37.6 Å². The molecule has 9 N–H and O–H groups in total. The monoisotopic (exact) mass is 463 g/mol. The number of rotatable bonds is 14. The summed E-state index contributed by atoms with van der Waals surface area (Å²) in [4.78, 5) is 70.6. The normalized spacial score (nSPS) is 15.5. The van der Waals surface area contributed by atoms with E-state index in [1.807, 2.05) is 0 Å². The molecular formula is C17H29N5O8S. The van der Waals surface area contributed by atoms with Crippen LogP contribution in [0.5, 0.6) is 0 Å². The number of amides is 4. The first kappa shape index (κ1) is 28.1. The van der Waals surface area contributed by atoms with E-state index in [4.69, 9.17) is 21.7 Å². The second-order valence-electron chi connectivity index (χ2n) is 6.89. The lowest BCUT2D eigenvalue weighted by atomic mass is 9.97. The number of carboxylic acid groups (broad SMARTS) is 2. The second kappa shape index (κ2) is 13.4. The smallest absolute Gasteiger partial charge is 0.326 e. The molecule has 0 spiro atoms. The van der Waals surface area contributed by atoms with Crippen molar-refractivity contribution in [2.24, 2.45) is 17.4 Å². The van der Waals surface area contributed by atoms with Gasteiger partial charge in [-0.2, -0.15) is 12.6 Å². The maximum Gasteiger partial charge on any atom is 0.326 e. The van der Waals surface area contributed by atoms with Gasteiger partial charge >= 0.3 is 11.9 Å². The van der Waals surface area contributed by atoms with E-state index in [-0.39, 0.29) is 5.75 Å². The van der Waals surface area contributed by atoms with E-state index in [2.05, 4.69) is 28.6 Å². The van der Waals surface area contributed by atoms with Crippen LogP contribution in [0, 0.1) is 5.92 Å². The van der Waals surface area contributed by atoms with Crippen LogP contribution in [0.1, 0.15) is 33.1 Å². The summed E-state index contributed by atoms with van der Waals surface area (Å²) in [5.41, 5.74) is 10.5. The number of hydrogen-bond acceptors (Lipinski definition) is 8. The van der Waals surface area contributed by atoms with Crippen molar-refractivity contribution in [1.82, 2.24) is 16.0 Å². The van der Waals surface area contributed by atoms with Gasteiger partial charge in [-0.15, -0.1) is 0 Å². The van der Waals surface area contributed by atoms with Crippen molar-refractivity contribution in [1.29, 1.82) is 0 Å². The van der Waals surface area contributed by atoms with Gasteiger partial charge in [-0.25, -0.2) is 4.79 Å². The fraction of sp³-hybridized carbons (Fsp3) is 0.647. The molecule has 14 heteroatoms. The molecule has 0 aromatic rings. The minimum atomic E-state index is -1.61. The Bertz CT molecular complexity index is 704. The molecule has 0 aromatic carbocycles. The molecule has 0 rings (SSSR count). The predicted molar refractivity (Wildman–Crippen MR) is 111 cm³/mol. The van der Waals surface area contributed by atoms with Crippen LogP contribution in [0.4, 0.5) is 0 Å². The first-order valence-electron chi connectivity index (χ1n) is 9.34. The summed E-state index contributed by atoms with van der Waals surface area (Å²) in [7, 11) is 0. The highest BCUT2D eigenvalue weighted by molar-refractivity contribution is 7.80. The molecular weight excluding hydrogens is 434 g/mol. The van der Waals surface area contributed by atoms with Crippen molar-refractivity contribution in [3.05, 3.63) is 0 Å². The maximum absolute atomic E-state index is 12.6. The average Bonchev–Trinajstić information content (AvgIpc) is 2.68. The van der Waals surface area contributed by atoms with Gasteiger partial charge in [-0.3, -0.25) is 24.0 Å². The highest BCUT2D eigenvalue weighted by Crippen LogP contribution is 2.10. The van der Waals surface area contributed by atoms with E-state index in [0.717, 1.165) is 0 Å². The fourth-order valence-corrected chi connectivity index (χ4v) is 2.53. The summed E-state index contributed by atoms with van der Waals surface area (Å²) in [5, 5.41) is 24.8. The molecule has 0 bridgehead atoms. The molecule has 4 amide bonds. The van der Waals surface area contributed by atoms with E-state index >= 15 is 0 Å². The Labute approximate surface area is 184 Å². The third kappa shape index (κ3) is 10.1. The van der Waals surface area contributed by atoms with Crippen LogP contribution in [-0.2, 0) is 28.8 Å². The molecule has 176 valence electrons. The summed E-state index contributed by atoms with van der Waals surface area (Å²) >= 11 is 3.86. The van der Waals surface area contributed by atoms with Crippen LogP contribution < -0.4 is 27.4 Å². The first-order chi connectivity index (χ1) is 14.3. The molecule has 5 atom stereocenters. The van der Waals surface area contributed by atoms with E-state index in [1.54, 1.807) is 13.8 Å². The number of hydrogen-bond donors (Lipinski definition) is 8. The Balaban J connectivity index is 5.56. The Hall–Kier alpha value is -2.87. The summed E-state index contributed by atoms with van der Waals surface area (Å²) in [6, 6.07) is -5.53. The van der Waals surface area contributed by atoms with Gasteiger partial charge in [0.15, 0.2) is 0 Å². The van der Waals surface area contributed by atoms with Crippen molar-refractivity contribution in [2.75, 3.05) is 5.75 Å². The first-order valence-corrected chi connectivity index (χ1v) is 9.97. The van der Waals surface area contributed by atoms with Gasteiger partial charge in [0.2, 0.25) is 23.6 Å². The zero-order valence-electron chi connectivity index (χ0n) is 17.2. The molecule has 0 aliphatic rings. The number of nitrogens with one attached hydrogen (secondary N) is 3. The minimum absolute atomic E-state index is 0.0540. The quantitative estimate of drug-likeness (QED) is 0.124. The second-order valence-corrected chi connectivity index (χ2v) is 7.25. The zero-order chi connectivity index (χ0) is 24.3. The van der Waals surface area contributed by atoms with Crippen LogP contribution in [-0.4, -0.2) is 75.7 Å². The van der Waals surface area contributed by atoms with Gasteiger partial charge in [-0.1, -0.05) is 20.3 Å². The lowest BCUT2D eigenvalue weighted by Crippen LogP contribution is -2.59. The molecule has 0 fully saturated rings. The molecule has 0 aliphatic heterocycles. The fourth-order valence-electron chi connectivity index (χ4n) is 2.36. The number of nitrogens with two attached hydrogens (primary N) is 2. The van der Waals surface area contributed by atoms with Gasteiger partial charge in [0.05, 0.1) is 18.9 Å². The Morgan fingerprint density at radius 3 is 1.87 bits per heavy atom. The molecule has 0 saturated heterocycles. The van der Waals surface area contributed by atoms with Gasteiger partial charge in [0.25, 0.3) is 0 Å². The zero-order valence-corrected chi connectivity index (χ0v) is 18.1. The number of thiol groups is 1. The SMILES string of the molecule is CCC(C)C(NC(=O)C(CC(=O)O)NC(=O)C(N)CS)C(=O)NC(CC(N)=O)C(=O)O. The lowest BCUT2D eigenvalue weighted by Gasteiger charge is -2.27. The van der Waals surface area contributed by atoms with Crippen molar-refractivity contribution in [3.63, 3.8) is 0 Å². The molecule has 31 heavy (non-hydrogen) atoms. The Kier molecular flexibility index (Phi) is 12.2. The highest BCUT2D eigenvalue weighted by atomic mass is 32.1. The summed E-state index contributed by atoms with van der Waals surface area (Å²) in [5.74, 6) is -7.12. The molecule has 0 aliphatic carbocycles. The third-order valence-corrected chi connectivity index (χ3v) is 4.75. The number of carbonyl (C=O) groups excluding carboxylic acids is 4. The van der Waals surface area contributed by atoms with Crippen LogP contribution in [0.25, 0.3) is 0 Å². The average molecular weight is 464 g/mol. The molecule has 0 heterocycles. The maximum atomic E-state index is 12.6. The molecule has 0 radical (unpaired) electrons. The Morgan fingerprint density at radius 2 is 1.45 bits per heavy atom. The number of carbonyl (C=O) groups is 6. The van der Waals surface area contributed by atoms with E-state index in [0.29, 0.717) is 6.42 Å². The number of primary amides is 1. The summed E-state index contributed by atoms with van der Waals surface area (Å²) < 4.78 is 0. The van der Waals surface area contributed by atoms with Crippen LogP contribution in [0.15, 0.2) is 0 Å². The van der Waals surface area contributed by atoms with E-state index in [9.17, 15) is 28.8 Å². The van der Waals surface area contributed by atoms with Crippen molar-refractivity contribution in [3.8, 4) is 0 Å². The van der Waals surface area contributed by atoms with Gasteiger partial charge in [-0.05, 0) is 5.92 Å². The molecule has 13 nitrogen and oxygen atoms in total. The number of aliphatic carboxylic acids is 2. The molecule has 0 saturated carbocycles. The van der Waals surface area contributed by atoms with Crippen LogP contribution in [0.3, 0.4) is 0 Å². The van der Waals surface area contributed by atoms with Crippen molar-refractivity contribution in [2.45, 2.75) is 57.3 Å². The van der Waals surface area contributed by atoms with Crippen LogP contribution >= 0.6 is 12.6 Å². The van der Waals surface area contributed by atoms with Crippen molar-refractivity contribution >= 4 is 48.2 Å². The van der Waals surface area contributed by atoms with Gasteiger partial charge in [0.1, 0.15) is 18.1 Å². The highest BCUT2D eigenvalue weighted by Gasteiger charge is 2.33. The van der Waals surface area contributed by atoms with Crippen LogP contribution in [0.2, 0.25) is 0 Å². The Morgan fingerprint density at radius 1 is 0.903 bits per heavy atom. The predicted octanol–water partition coefficient (Wildman–Crippen LogP) is -2.82.